The first kappa shape index (κ1) is 12.7. The highest BCUT2D eigenvalue weighted by molar-refractivity contribution is 5.81. The summed E-state index contributed by atoms with van der Waals surface area (Å²) in [6.45, 7) is 2.76. The summed E-state index contributed by atoms with van der Waals surface area (Å²) in [4.78, 5) is 4.42. The minimum atomic E-state index is -0.211. The molecule has 0 unspecified atom stereocenters. The van der Waals surface area contributed by atoms with Gasteiger partial charge in [0.15, 0.2) is 0 Å². The van der Waals surface area contributed by atoms with Gasteiger partial charge in [-0.2, -0.15) is 0 Å². The number of fused-ring (bicyclic) bond motifs is 1. The molecule has 1 heterocycles. The molecular weight excluding hydrogens is 253 g/mol. The summed E-state index contributed by atoms with van der Waals surface area (Å²) < 4.78 is 14.9. The van der Waals surface area contributed by atoms with Crippen LogP contribution in [0.4, 0.5) is 10.3 Å². The Morgan fingerprint density at radius 2 is 1.90 bits per heavy atom. The van der Waals surface area contributed by atoms with Crippen LogP contribution in [0.1, 0.15) is 11.1 Å². The Bertz CT molecular complexity index is 744. The largest absolute Gasteiger partial charge is 0.369 e. The fraction of sp³-hybridized carbons (Fsp3) is 0.188. The van der Waals surface area contributed by atoms with Gasteiger partial charge in [0.1, 0.15) is 5.82 Å². The molecule has 0 atom stereocenters. The minimum absolute atomic E-state index is 0.211. The fourth-order valence-electron chi connectivity index (χ4n) is 2.43. The van der Waals surface area contributed by atoms with Gasteiger partial charge < -0.3 is 10.3 Å². The number of benzene rings is 2. The first-order valence-corrected chi connectivity index (χ1v) is 6.61. The number of anilines is 1. The molecule has 0 amide bonds. The molecular formula is C16H16FN3. The fourth-order valence-corrected chi connectivity index (χ4v) is 2.43. The van der Waals surface area contributed by atoms with Gasteiger partial charge in [-0.3, -0.25) is 0 Å². The number of aryl methyl sites for hydroxylation is 3. The monoisotopic (exact) mass is 269 g/mol. The zero-order chi connectivity index (χ0) is 14.1. The van der Waals surface area contributed by atoms with E-state index in [1.165, 1.54) is 12.1 Å². The van der Waals surface area contributed by atoms with Crippen LogP contribution in [0.25, 0.3) is 11.0 Å². The van der Waals surface area contributed by atoms with Crippen molar-refractivity contribution in [2.75, 3.05) is 5.73 Å². The molecule has 102 valence electrons. The third kappa shape index (κ3) is 2.25. The predicted molar refractivity (Wildman–Crippen MR) is 79.0 cm³/mol. The van der Waals surface area contributed by atoms with Crippen LogP contribution in [0.15, 0.2) is 42.5 Å². The van der Waals surface area contributed by atoms with Crippen molar-refractivity contribution in [3.63, 3.8) is 0 Å². The first-order chi connectivity index (χ1) is 9.65. The average molecular weight is 269 g/mol. The first-order valence-electron chi connectivity index (χ1n) is 6.61. The molecule has 0 aliphatic heterocycles. The maximum absolute atomic E-state index is 12.9. The zero-order valence-corrected chi connectivity index (χ0v) is 11.3. The van der Waals surface area contributed by atoms with Crippen molar-refractivity contribution in [1.82, 2.24) is 9.55 Å². The van der Waals surface area contributed by atoms with Crippen molar-refractivity contribution in [2.45, 2.75) is 19.9 Å². The highest BCUT2D eigenvalue weighted by Gasteiger charge is 2.09. The second-order valence-electron chi connectivity index (χ2n) is 4.94. The molecule has 0 aliphatic carbocycles. The smallest absolute Gasteiger partial charge is 0.201 e. The van der Waals surface area contributed by atoms with E-state index in [1.807, 2.05) is 29.7 Å². The van der Waals surface area contributed by atoms with Gasteiger partial charge in [0.25, 0.3) is 0 Å². The van der Waals surface area contributed by atoms with Gasteiger partial charge in [-0.05, 0) is 42.7 Å². The lowest BCUT2D eigenvalue weighted by Crippen LogP contribution is -2.05. The summed E-state index contributed by atoms with van der Waals surface area (Å²) >= 11 is 0. The molecule has 3 aromatic rings. The predicted octanol–water partition coefficient (Wildman–Crippen LogP) is 3.31. The molecule has 0 fully saturated rings. The van der Waals surface area contributed by atoms with E-state index >= 15 is 0 Å². The number of aromatic nitrogens is 2. The number of para-hydroxylation sites is 1. The van der Waals surface area contributed by atoms with E-state index < -0.39 is 0 Å². The third-order valence-corrected chi connectivity index (χ3v) is 3.55. The quantitative estimate of drug-likeness (QED) is 0.792. The van der Waals surface area contributed by atoms with Crippen LogP contribution in [-0.4, -0.2) is 9.55 Å². The Labute approximate surface area is 116 Å². The Morgan fingerprint density at radius 3 is 2.65 bits per heavy atom. The number of rotatable bonds is 3. The molecule has 0 aliphatic rings. The zero-order valence-electron chi connectivity index (χ0n) is 11.3. The van der Waals surface area contributed by atoms with Crippen molar-refractivity contribution in [2.24, 2.45) is 0 Å². The summed E-state index contributed by atoms with van der Waals surface area (Å²) in [5.74, 6) is 0.313. The molecule has 0 saturated carbocycles. The third-order valence-electron chi connectivity index (χ3n) is 3.55. The topological polar surface area (TPSA) is 43.8 Å². The van der Waals surface area contributed by atoms with E-state index in [0.29, 0.717) is 5.95 Å². The number of halogens is 1. The normalized spacial score (nSPS) is 11.1. The van der Waals surface area contributed by atoms with Crippen LogP contribution < -0.4 is 5.73 Å². The van der Waals surface area contributed by atoms with Crippen molar-refractivity contribution in [3.05, 3.63) is 59.4 Å². The summed E-state index contributed by atoms with van der Waals surface area (Å²) in [6, 6.07) is 12.6. The summed E-state index contributed by atoms with van der Waals surface area (Å²) in [7, 11) is 0. The molecule has 4 heteroatoms. The lowest BCUT2D eigenvalue weighted by Gasteiger charge is -2.07. The number of imidazole rings is 1. The van der Waals surface area contributed by atoms with Crippen LogP contribution in [0, 0.1) is 12.7 Å². The number of hydrogen-bond donors (Lipinski definition) is 1. The summed E-state index contributed by atoms with van der Waals surface area (Å²) in [5, 5.41) is 0. The summed E-state index contributed by atoms with van der Waals surface area (Å²) in [6.07, 6.45) is 0.796. The molecule has 0 saturated heterocycles. The molecule has 0 bridgehead atoms. The molecule has 3 nitrogen and oxygen atoms in total. The van der Waals surface area contributed by atoms with Gasteiger partial charge in [-0.1, -0.05) is 24.3 Å². The Kier molecular flexibility index (Phi) is 3.14. The van der Waals surface area contributed by atoms with E-state index in [1.54, 1.807) is 12.1 Å². The van der Waals surface area contributed by atoms with E-state index in [2.05, 4.69) is 4.98 Å². The summed E-state index contributed by atoms with van der Waals surface area (Å²) in [5.41, 5.74) is 10.2. The van der Waals surface area contributed by atoms with Gasteiger partial charge in [0, 0.05) is 6.54 Å². The second-order valence-corrected chi connectivity index (χ2v) is 4.94. The van der Waals surface area contributed by atoms with Crippen LogP contribution in [0.2, 0.25) is 0 Å². The maximum Gasteiger partial charge on any atom is 0.201 e. The van der Waals surface area contributed by atoms with E-state index in [9.17, 15) is 4.39 Å². The van der Waals surface area contributed by atoms with Crippen LogP contribution in [0.3, 0.4) is 0 Å². The molecule has 3 rings (SSSR count). The van der Waals surface area contributed by atoms with Gasteiger partial charge in [-0.25, -0.2) is 9.37 Å². The van der Waals surface area contributed by atoms with Crippen LogP contribution >= 0.6 is 0 Å². The van der Waals surface area contributed by atoms with Crippen molar-refractivity contribution < 1.29 is 4.39 Å². The van der Waals surface area contributed by atoms with Gasteiger partial charge in [0.2, 0.25) is 5.95 Å². The Hall–Kier alpha value is -2.36. The number of nitrogen functional groups attached to an aromatic ring is 1. The minimum Gasteiger partial charge on any atom is -0.369 e. The maximum atomic E-state index is 12.9. The van der Waals surface area contributed by atoms with Crippen LogP contribution in [0.5, 0.6) is 0 Å². The van der Waals surface area contributed by atoms with Crippen molar-refractivity contribution in [3.8, 4) is 0 Å². The molecule has 2 aromatic carbocycles. The molecule has 0 radical (unpaired) electrons. The highest BCUT2D eigenvalue weighted by atomic mass is 19.1. The lowest BCUT2D eigenvalue weighted by molar-refractivity contribution is 0.626. The Balaban J connectivity index is 1.89. The average Bonchev–Trinajstić information content (AvgIpc) is 2.76. The molecule has 2 N–H and O–H groups in total. The second kappa shape index (κ2) is 4.96. The van der Waals surface area contributed by atoms with Gasteiger partial charge in [0.05, 0.1) is 11.0 Å². The molecule has 1 aromatic heterocycles. The lowest BCUT2D eigenvalue weighted by atomic mass is 10.1. The SMILES string of the molecule is Cc1cccc2c1nc(N)n2CCc1ccc(F)cc1. The van der Waals surface area contributed by atoms with Crippen molar-refractivity contribution in [1.29, 1.82) is 0 Å². The highest BCUT2D eigenvalue weighted by Crippen LogP contribution is 2.21. The van der Waals surface area contributed by atoms with E-state index in [-0.39, 0.29) is 5.82 Å². The van der Waals surface area contributed by atoms with Crippen molar-refractivity contribution >= 4 is 17.0 Å². The number of nitrogens with two attached hydrogens (primary N) is 1. The Morgan fingerprint density at radius 1 is 1.15 bits per heavy atom. The van der Waals surface area contributed by atoms with Gasteiger partial charge in [-0.15, -0.1) is 0 Å². The standard InChI is InChI=1S/C16H16FN3/c1-11-3-2-4-14-15(11)19-16(18)20(14)10-9-12-5-7-13(17)8-6-12/h2-8H,9-10H2,1H3,(H2,18,19). The molecule has 0 spiro atoms. The molecule has 20 heavy (non-hydrogen) atoms. The van der Waals surface area contributed by atoms with Crippen LogP contribution in [-0.2, 0) is 13.0 Å². The number of hydrogen-bond acceptors (Lipinski definition) is 2. The van der Waals surface area contributed by atoms with E-state index in [4.69, 9.17) is 5.73 Å². The van der Waals surface area contributed by atoms with E-state index in [0.717, 1.165) is 35.1 Å². The number of nitrogens with zero attached hydrogens (tertiary/aromatic N) is 2. The van der Waals surface area contributed by atoms with Gasteiger partial charge >= 0.3 is 0 Å².